The lowest BCUT2D eigenvalue weighted by Crippen LogP contribution is -2.64. The second kappa shape index (κ2) is 8.74. The lowest BCUT2D eigenvalue weighted by molar-refractivity contribution is -0.202. The Morgan fingerprint density at radius 2 is 1.55 bits per heavy atom. The summed E-state index contributed by atoms with van der Waals surface area (Å²) in [4.78, 5) is 0. The zero-order valence-corrected chi connectivity index (χ0v) is 25.2. The van der Waals surface area contributed by atoms with Crippen molar-refractivity contribution >= 4 is 0 Å². The molecule has 4 saturated carbocycles. The molecule has 1 aromatic rings. The maximum Gasteiger partial charge on any atom is 0.0594 e. The summed E-state index contributed by atoms with van der Waals surface area (Å²) in [7, 11) is 0. The summed E-state index contributed by atoms with van der Waals surface area (Å²) < 4.78 is 0. The Morgan fingerprint density at radius 3 is 2.29 bits per heavy atom. The minimum absolute atomic E-state index is 0.0152. The first-order valence-corrected chi connectivity index (χ1v) is 15.9. The Hall–Kier alpha value is -1.52. The molecule has 1 nitrogen and oxygen atoms in total. The van der Waals surface area contributed by atoms with Gasteiger partial charge in [-0.1, -0.05) is 90.2 Å². The lowest BCUT2D eigenvalue weighted by atomic mass is 9.33. The van der Waals surface area contributed by atoms with Gasteiger partial charge in [-0.15, -0.1) is 0 Å². The molecule has 38 heavy (non-hydrogen) atoms. The molecular weight excluding hydrogens is 460 g/mol. The van der Waals surface area contributed by atoms with Crippen LogP contribution >= 0.6 is 0 Å². The Balaban J connectivity index is 1.43. The fourth-order valence-corrected chi connectivity index (χ4v) is 11.4. The van der Waals surface area contributed by atoms with Crippen LogP contribution in [-0.4, -0.2) is 11.2 Å². The van der Waals surface area contributed by atoms with Gasteiger partial charge in [0.2, 0.25) is 0 Å². The second-order valence-corrected chi connectivity index (χ2v) is 15.8. The first kappa shape index (κ1) is 26.7. The normalized spacial score (nSPS) is 49.2. The molecular formula is C37H52O. The number of hydrogen-bond donors (Lipinski definition) is 1. The molecule has 0 bridgehead atoms. The quantitative estimate of drug-likeness (QED) is 0.271. The van der Waals surface area contributed by atoms with Crippen molar-refractivity contribution in [1.82, 2.24) is 0 Å². The molecule has 1 aromatic carbocycles. The highest BCUT2D eigenvalue weighted by atomic mass is 16.3. The zero-order valence-electron chi connectivity index (χ0n) is 25.2. The molecule has 206 valence electrons. The maximum absolute atomic E-state index is 11.0. The van der Waals surface area contributed by atoms with Gasteiger partial charge in [0.05, 0.1) is 6.10 Å². The van der Waals surface area contributed by atoms with Crippen molar-refractivity contribution in [2.24, 2.45) is 56.7 Å². The van der Waals surface area contributed by atoms with Crippen LogP contribution in [0.2, 0.25) is 0 Å². The standard InChI is InChI=1S/C37H52O/c1-25-15-21-37(22-16-27-11-9-8-10-12-27)24-23-35(6)28(32(37)26(25)2)13-14-30-34(5)19-18-31(38)33(3,4)29(34)17-20-36(30,35)7/h8-13,25-26,29-32,38H,14-15,17-21,23-24H2,1-7H3/t25-,26+,29+,30-,31+,32+,34+,35-,36-,37+/m1/s1. The third-order valence-corrected chi connectivity index (χ3v) is 14.2. The predicted molar refractivity (Wildman–Crippen MR) is 158 cm³/mol. The molecule has 5 aliphatic rings. The van der Waals surface area contributed by atoms with Crippen LogP contribution in [0.3, 0.4) is 0 Å². The first-order valence-electron chi connectivity index (χ1n) is 15.9. The summed E-state index contributed by atoms with van der Waals surface area (Å²) in [5.74, 6) is 11.0. The highest BCUT2D eigenvalue weighted by molar-refractivity contribution is 5.41. The Kier molecular flexibility index (Phi) is 6.14. The molecule has 0 unspecified atom stereocenters. The number of fused-ring (bicyclic) bond motifs is 7. The minimum atomic E-state index is -0.154. The van der Waals surface area contributed by atoms with E-state index in [1.54, 1.807) is 5.57 Å². The molecule has 10 atom stereocenters. The number of aliphatic hydroxyl groups excluding tert-OH is 1. The average molecular weight is 513 g/mol. The molecule has 0 aromatic heterocycles. The summed E-state index contributed by atoms with van der Waals surface area (Å²) in [5.41, 5.74) is 3.97. The van der Waals surface area contributed by atoms with E-state index in [4.69, 9.17) is 0 Å². The summed E-state index contributed by atoms with van der Waals surface area (Å²) in [5, 5.41) is 11.0. The van der Waals surface area contributed by atoms with E-state index >= 15 is 0 Å². The molecule has 1 heteroatoms. The third-order valence-electron chi connectivity index (χ3n) is 14.2. The van der Waals surface area contributed by atoms with Crippen LogP contribution in [0.5, 0.6) is 0 Å². The molecule has 0 spiro atoms. The van der Waals surface area contributed by atoms with Crippen LogP contribution in [0.25, 0.3) is 0 Å². The van der Waals surface area contributed by atoms with E-state index in [2.05, 4.69) is 96.7 Å². The zero-order chi connectivity index (χ0) is 27.1. The van der Waals surface area contributed by atoms with E-state index in [0.717, 1.165) is 12.3 Å². The minimum Gasteiger partial charge on any atom is -0.393 e. The predicted octanol–water partition coefficient (Wildman–Crippen LogP) is 9.06. The maximum atomic E-state index is 11.0. The third kappa shape index (κ3) is 3.47. The molecule has 0 aliphatic heterocycles. The molecule has 0 saturated heterocycles. The van der Waals surface area contributed by atoms with E-state index in [1.807, 2.05) is 0 Å². The van der Waals surface area contributed by atoms with Gasteiger partial charge in [0, 0.05) is 11.0 Å². The lowest BCUT2D eigenvalue weighted by Gasteiger charge is -2.71. The van der Waals surface area contributed by atoms with E-state index < -0.39 is 0 Å². The van der Waals surface area contributed by atoms with Gasteiger partial charge in [-0.3, -0.25) is 0 Å². The van der Waals surface area contributed by atoms with Gasteiger partial charge in [-0.05, 0) is 121 Å². The Bertz CT molecular complexity index is 1170. The van der Waals surface area contributed by atoms with E-state index in [1.165, 1.54) is 56.9 Å². The molecule has 1 N–H and O–H groups in total. The highest BCUT2D eigenvalue weighted by Gasteiger charge is 2.68. The van der Waals surface area contributed by atoms with E-state index in [0.29, 0.717) is 34.5 Å². The topological polar surface area (TPSA) is 20.2 Å². The number of hydrogen-bond acceptors (Lipinski definition) is 1. The van der Waals surface area contributed by atoms with Crippen molar-refractivity contribution in [3.8, 4) is 11.8 Å². The smallest absolute Gasteiger partial charge is 0.0594 e. The summed E-state index contributed by atoms with van der Waals surface area (Å²) in [6, 6.07) is 10.7. The summed E-state index contributed by atoms with van der Waals surface area (Å²) >= 11 is 0. The molecule has 0 radical (unpaired) electrons. The summed E-state index contributed by atoms with van der Waals surface area (Å²) in [6.07, 6.45) is 13.7. The Labute approximate surface area is 233 Å². The Morgan fingerprint density at radius 1 is 0.816 bits per heavy atom. The molecule has 5 aliphatic carbocycles. The van der Waals surface area contributed by atoms with Crippen LogP contribution in [-0.2, 0) is 0 Å². The largest absolute Gasteiger partial charge is 0.393 e. The monoisotopic (exact) mass is 512 g/mol. The van der Waals surface area contributed by atoms with Gasteiger partial charge < -0.3 is 5.11 Å². The van der Waals surface area contributed by atoms with Crippen molar-refractivity contribution in [3.63, 3.8) is 0 Å². The van der Waals surface area contributed by atoms with Gasteiger partial charge in [-0.25, -0.2) is 0 Å². The number of benzene rings is 1. The number of aliphatic hydroxyl groups is 1. The van der Waals surface area contributed by atoms with E-state index in [9.17, 15) is 5.11 Å². The molecule has 0 heterocycles. The van der Waals surface area contributed by atoms with Crippen LogP contribution in [0, 0.1) is 68.5 Å². The van der Waals surface area contributed by atoms with Crippen LogP contribution in [0.4, 0.5) is 0 Å². The highest BCUT2D eigenvalue weighted by Crippen LogP contribution is 2.75. The van der Waals surface area contributed by atoms with Gasteiger partial charge >= 0.3 is 0 Å². The SMILES string of the molecule is C[C@H]1[C@H](C)CC[C@]2(C#Cc3ccccc3)CC[C@]3(C)C(=CC[C@@H]4[C@@]5(C)CC[C@H](O)C(C)(C)[C@@H]5CC[C@]43C)[C@H]12. The second-order valence-electron chi connectivity index (χ2n) is 15.8. The fraction of sp³-hybridized carbons (Fsp3) is 0.730. The number of allylic oxidation sites excluding steroid dienone is 2. The molecule has 0 amide bonds. The van der Waals surface area contributed by atoms with Gasteiger partial charge in [0.1, 0.15) is 0 Å². The first-order chi connectivity index (χ1) is 17.9. The van der Waals surface area contributed by atoms with Gasteiger partial charge in [-0.2, -0.15) is 0 Å². The van der Waals surface area contributed by atoms with Crippen LogP contribution in [0.15, 0.2) is 42.0 Å². The average Bonchev–Trinajstić information content (AvgIpc) is 2.89. The van der Waals surface area contributed by atoms with Crippen molar-refractivity contribution < 1.29 is 5.11 Å². The van der Waals surface area contributed by atoms with Crippen molar-refractivity contribution in [2.75, 3.05) is 0 Å². The van der Waals surface area contributed by atoms with Crippen molar-refractivity contribution in [2.45, 2.75) is 112 Å². The van der Waals surface area contributed by atoms with Gasteiger partial charge in [0.25, 0.3) is 0 Å². The van der Waals surface area contributed by atoms with Crippen molar-refractivity contribution in [3.05, 3.63) is 47.5 Å². The molecule has 4 fully saturated rings. The van der Waals surface area contributed by atoms with Crippen LogP contribution < -0.4 is 0 Å². The fourth-order valence-electron chi connectivity index (χ4n) is 11.4. The van der Waals surface area contributed by atoms with Crippen LogP contribution in [0.1, 0.15) is 112 Å². The molecule has 6 rings (SSSR count). The van der Waals surface area contributed by atoms with Crippen molar-refractivity contribution in [1.29, 1.82) is 0 Å². The summed E-state index contributed by atoms with van der Waals surface area (Å²) in [6.45, 7) is 17.8. The van der Waals surface area contributed by atoms with E-state index in [-0.39, 0.29) is 22.3 Å². The number of rotatable bonds is 0. The van der Waals surface area contributed by atoms with Gasteiger partial charge in [0.15, 0.2) is 0 Å².